The molecule has 0 nitrogen and oxygen atoms in total. The molecule has 0 bridgehead atoms. The van der Waals surface area contributed by atoms with E-state index < -0.39 is 8.07 Å². The van der Waals surface area contributed by atoms with E-state index in [1.807, 2.05) is 6.08 Å². The molecule has 92 valence electrons. The number of hydrogen-bond donors (Lipinski definition) is 0. The molecular formula is C16H24Si. The number of rotatable bonds is 5. The second-order valence-corrected chi connectivity index (χ2v) is 10.5. The minimum Gasteiger partial charge on any atom is -0.103 e. The van der Waals surface area contributed by atoms with E-state index >= 15 is 0 Å². The summed E-state index contributed by atoms with van der Waals surface area (Å²) in [6.45, 7) is 13.5. The molecule has 0 spiro atoms. The van der Waals surface area contributed by atoms with Crippen LogP contribution in [0.1, 0.15) is 25.3 Å². The molecule has 1 heteroatoms. The van der Waals surface area contributed by atoms with Crippen LogP contribution in [0, 0.1) is 0 Å². The van der Waals surface area contributed by atoms with Gasteiger partial charge in [0.05, 0.1) is 8.07 Å². The highest BCUT2D eigenvalue weighted by molar-refractivity contribution is 6.84. The van der Waals surface area contributed by atoms with Gasteiger partial charge >= 0.3 is 0 Å². The second-order valence-electron chi connectivity index (χ2n) is 5.42. The van der Waals surface area contributed by atoms with E-state index in [-0.39, 0.29) is 0 Å². The first-order chi connectivity index (χ1) is 8.00. The van der Waals surface area contributed by atoms with Crippen molar-refractivity contribution >= 4 is 13.6 Å². The minimum absolute atomic E-state index is 0.984. The van der Waals surface area contributed by atoms with Gasteiger partial charge < -0.3 is 0 Å². The fourth-order valence-corrected chi connectivity index (χ4v) is 4.61. The smallest absolute Gasteiger partial charge is 0.0728 e. The fourth-order valence-electron chi connectivity index (χ4n) is 2.40. The van der Waals surface area contributed by atoms with Crippen molar-refractivity contribution in [2.45, 2.75) is 39.4 Å². The van der Waals surface area contributed by atoms with E-state index in [4.69, 9.17) is 0 Å². The third-order valence-electron chi connectivity index (χ3n) is 3.09. The number of hydrogen-bond acceptors (Lipinski definition) is 0. The maximum atomic E-state index is 3.91. The predicted octanol–water partition coefficient (Wildman–Crippen LogP) is 5.30. The molecule has 1 aromatic rings. The quantitative estimate of drug-likeness (QED) is 0.487. The topological polar surface area (TPSA) is 0 Å². The predicted molar refractivity (Wildman–Crippen MR) is 81.8 cm³/mol. The standard InChI is InChI=1S/C16H24Si/c1-6-11-15(14-12-9-8-10-13-14)16(7-2)17(3,4)5/h6,8-10,12-13H,1,7,11H2,2-5H3/b16-15-. The molecule has 0 saturated carbocycles. The van der Waals surface area contributed by atoms with Crippen LogP contribution in [0.15, 0.2) is 48.2 Å². The van der Waals surface area contributed by atoms with Gasteiger partial charge in [-0.05, 0) is 24.0 Å². The SMILES string of the molecule is C=CC/C(=C(\CC)[Si](C)(C)C)c1ccccc1. The van der Waals surface area contributed by atoms with E-state index in [1.165, 1.54) is 11.1 Å². The van der Waals surface area contributed by atoms with Crippen LogP contribution in [0.4, 0.5) is 0 Å². The van der Waals surface area contributed by atoms with Crippen molar-refractivity contribution in [2.24, 2.45) is 0 Å². The van der Waals surface area contributed by atoms with Gasteiger partial charge in [-0.25, -0.2) is 0 Å². The Bertz CT molecular complexity index is 393. The monoisotopic (exact) mass is 244 g/mol. The Hall–Kier alpha value is -1.08. The van der Waals surface area contributed by atoms with E-state index in [9.17, 15) is 0 Å². The van der Waals surface area contributed by atoms with Gasteiger partial charge in [0.1, 0.15) is 0 Å². The van der Waals surface area contributed by atoms with Crippen LogP contribution in [-0.2, 0) is 0 Å². The lowest BCUT2D eigenvalue weighted by Gasteiger charge is -2.24. The molecule has 0 atom stereocenters. The van der Waals surface area contributed by atoms with Crippen molar-refractivity contribution in [1.82, 2.24) is 0 Å². The van der Waals surface area contributed by atoms with Crippen LogP contribution in [0.5, 0.6) is 0 Å². The van der Waals surface area contributed by atoms with Crippen molar-refractivity contribution in [3.63, 3.8) is 0 Å². The Morgan fingerprint density at radius 2 is 1.76 bits per heavy atom. The third kappa shape index (κ3) is 3.71. The molecule has 0 heterocycles. The molecule has 1 aromatic carbocycles. The van der Waals surface area contributed by atoms with Gasteiger partial charge in [0.15, 0.2) is 0 Å². The highest BCUT2D eigenvalue weighted by Gasteiger charge is 2.21. The summed E-state index contributed by atoms with van der Waals surface area (Å²) in [7, 11) is -1.24. The summed E-state index contributed by atoms with van der Waals surface area (Å²) in [6, 6.07) is 10.8. The number of benzene rings is 1. The molecule has 0 radical (unpaired) electrons. The van der Waals surface area contributed by atoms with E-state index in [0.717, 1.165) is 12.8 Å². The van der Waals surface area contributed by atoms with Crippen LogP contribution < -0.4 is 0 Å². The van der Waals surface area contributed by atoms with Gasteiger partial charge in [-0.15, -0.1) is 6.58 Å². The average Bonchev–Trinajstić information content (AvgIpc) is 2.28. The second kappa shape index (κ2) is 6.01. The van der Waals surface area contributed by atoms with Crippen LogP contribution in [0.3, 0.4) is 0 Å². The fraction of sp³-hybridized carbons (Fsp3) is 0.375. The Kier molecular flexibility index (Phi) is 4.95. The Balaban J connectivity index is 3.33. The molecule has 0 aliphatic rings. The zero-order valence-electron chi connectivity index (χ0n) is 11.6. The van der Waals surface area contributed by atoms with Gasteiger partial charge in [-0.1, -0.05) is 68.2 Å². The van der Waals surface area contributed by atoms with Crippen LogP contribution >= 0.6 is 0 Å². The zero-order chi connectivity index (χ0) is 12.9. The summed E-state index contributed by atoms with van der Waals surface area (Å²) >= 11 is 0. The van der Waals surface area contributed by atoms with Crippen molar-refractivity contribution in [3.05, 3.63) is 53.7 Å². The van der Waals surface area contributed by atoms with Gasteiger partial charge in [0.25, 0.3) is 0 Å². The zero-order valence-corrected chi connectivity index (χ0v) is 12.6. The average molecular weight is 244 g/mol. The number of allylic oxidation sites excluding steroid dienone is 3. The molecule has 0 amide bonds. The molecule has 0 aromatic heterocycles. The molecule has 1 rings (SSSR count). The van der Waals surface area contributed by atoms with Crippen molar-refractivity contribution < 1.29 is 0 Å². The molecule has 17 heavy (non-hydrogen) atoms. The highest BCUT2D eigenvalue weighted by atomic mass is 28.3. The molecule has 0 aliphatic heterocycles. The summed E-state index contributed by atoms with van der Waals surface area (Å²) in [5.74, 6) is 0. The Morgan fingerprint density at radius 3 is 2.18 bits per heavy atom. The van der Waals surface area contributed by atoms with E-state index in [2.05, 4.69) is 63.5 Å². The first-order valence-electron chi connectivity index (χ1n) is 6.39. The molecular weight excluding hydrogens is 220 g/mol. The van der Waals surface area contributed by atoms with Crippen molar-refractivity contribution in [3.8, 4) is 0 Å². The van der Waals surface area contributed by atoms with Crippen molar-refractivity contribution in [2.75, 3.05) is 0 Å². The van der Waals surface area contributed by atoms with Crippen LogP contribution in [0.25, 0.3) is 5.57 Å². The lowest BCUT2D eigenvalue weighted by molar-refractivity contribution is 1.15. The summed E-state index contributed by atoms with van der Waals surface area (Å²) in [5, 5.41) is 1.67. The first kappa shape index (κ1) is 14.0. The summed E-state index contributed by atoms with van der Waals surface area (Å²) in [5.41, 5.74) is 2.87. The van der Waals surface area contributed by atoms with Gasteiger partial charge in [0, 0.05) is 0 Å². The Morgan fingerprint density at radius 1 is 1.18 bits per heavy atom. The minimum atomic E-state index is -1.24. The highest BCUT2D eigenvalue weighted by Crippen LogP contribution is 2.30. The van der Waals surface area contributed by atoms with Gasteiger partial charge in [-0.2, -0.15) is 0 Å². The lowest BCUT2D eigenvalue weighted by Crippen LogP contribution is -2.25. The lowest BCUT2D eigenvalue weighted by atomic mass is 10.0. The summed E-state index contributed by atoms with van der Waals surface area (Å²) in [4.78, 5) is 0. The normalized spacial score (nSPS) is 13.2. The molecule has 0 N–H and O–H groups in total. The van der Waals surface area contributed by atoms with Gasteiger partial charge in [-0.3, -0.25) is 0 Å². The molecule has 0 unspecified atom stereocenters. The summed E-state index contributed by atoms with van der Waals surface area (Å²) in [6.07, 6.45) is 4.17. The van der Waals surface area contributed by atoms with Crippen LogP contribution in [0.2, 0.25) is 19.6 Å². The third-order valence-corrected chi connectivity index (χ3v) is 5.56. The van der Waals surface area contributed by atoms with E-state index in [1.54, 1.807) is 5.20 Å². The largest absolute Gasteiger partial charge is 0.103 e. The first-order valence-corrected chi connectivity index (χ1v) is 9.89. The molecule has 0 fully saturated rings. The molecule has 0 saturated heterocycles. The van der Waals surface area contributed by atoms with Crippen LogP contribution in [-0.4, -0.2) is 8.07 Å². The van der Waals surface area contributed by atoms with Gasteiger partial charge in [0.2, 0.25) is 0 Å². The molecule has 0 aliphatic carbocycles. The summed E-state index contributed by atoms with van der Waals surface area (Å²) < 4.78 is 0. The van der Waals surface area contributed by atoms with E-state index in [0.29, 0.717) is 0 Å². The van der Waals surface area contributed by atoms with Crippen molar-refractivity contribution in [1.29, 1.82) is 0 Å². The maximum Gasteiger partial charge on any atom is 0.0728 e. The Labute approximate surface area is 107 Å². The maximum absolute atomic E-state index is 3.91.